The summed E-state index contributed by atoms with van der Waals surface area (Å²) in [5.74, 6) is 1.59. The normalized spacial score (nSPS) is 22.2. The van der Waals surface area contributed by atoms with Crippen LogP contribution in [0.2, 0.25) is 0 Å². The number of nitrogens with zero attached hydrogens (tertiary/aromatic N) is 2. The van der Waals surface area contributed by atoms with E-state index in [-0.39, 0.29) is 23.6 Å². The van der Waals surface area contributed by atoms with E-state index < -0.39 is 0 Å². The molecule has 2 saturated carbocycles. The van der Waals surface area contributed by atoms with Gasteiger partial charge in [0.15, 0.2) is 0 Å². The lowest BCUT2D eigenvalue weighted by molar-refractivity contribution is -0.122. The Balaban J connectivity index is 1.37. The predicted molar refractivity (Wildman–Crippen MR) is 121 cm³/mol. The minimum absolute atomic E-state index is 0.0374. The Kier molecular flexibility index (Phi) is 5.99. The first-order valence-corrected chi connectivity index (χ1v) is 11.7. The Morgan fingerprint density at radius 3 is 2.50 bits per heavy atom. The van der Waals surface area contributed by atoms with E-state index in [1.807, 2.05) is 28.8 Å². The molecule has 4 rings (SSSR count). The number of aromatic nitrogens is 2. The average Bonchev–Trinajstić information content (AvgIpc) is 3.58. The number of hydrogen-bond donors (Lipinski definition) is 1. The fourth-order valence-corrected chi connectivity index (χ4v) is 4.91. The quantitative estimate of drug-likeness (QED) is 0.716. The Hall–Kier alpha value is -2.17. The minimum Gasteiger partial charge on any atom is -0.353 e. The summed E-state index contributed by atoms with van der Waals surface area (Å²) < 4.78 is 1.84. The number of para-hydroxylation sites is 1. The smallest absolute Gasteiger partial charge is 0.261 e. The Morgan fingerprint density at radius 2 is 1.83 bits per heavy atom. The van der Waals surface area contributed by atoms with Gasteiger partial charge in [-0.3, -0.25) is 14.2 Å². The van der Waals surface area contributed by atoms with Crippen molar-refractivity contribution in [2.45, 2.75) is 90.6 Å². The van der Waals surface area contributed by atoms with E-state index in [0.717, 1.165) is 42.9 Å². The Bertz CT molecular complexity index is 966. The number of fused-ring (bicyclic) bond motifs is 1. The summed E-state index contributed by atoms with van der Waals surface area (Å²) in [6, 6.07) is 8.06. The zero-order valence-electron chi connectivity index (χ0n) is 18.6. The van der Waals surface area contributed by atoms with Crippen LogP contribution in [0, 0.1) is 11.3 Å². The molecule has 30 heavy (non-hydrogen) atoms. The standard InChI is InChI=1S/C25H35N3O2/c1-4-25(2,3)17-9-11-18(12-10-17)26-23(29)16-15-22-27-21-8-6-5-7-20(21)24(30)28(22)19-13-14-19/h5-8,17-19H,4,9-16H2,1-3H3,(H,26,29). The maximum absolute atomic E-state index is 13.0. The Labute approximate surface area is 179 Å². The van der Waals surface area contributed by atoms with Gasteiger partial charge < -0.3 is 5.32 Å². The summed E-state index contributed by atoms with van der Waals surface area (Å²) in [6.07, 6.45) is 8.68. The van der Waals surface area contributed by atoms with Gasteiger partial charge in [-0.05, 0) is 62.0 Å². The average molecular weight is 410 g/mol. The van der Waals surface area contributed by atoms with Crippen LogP contribution in [0.5, 0.6) is 0 Å². The molecule has 2 aromatic rings. The van der Waals surface area contributed by atoms with Crippen LogP contribution in [0.15, 0.2) is 29.1 Å². The van der Waals surface area contributed by atoms with Crippen LogP contribution in [0.1, 0.15) is 84.0 Å². The van der Waals surface area contributed by atoms with Crippen molar-refractivity contribution in [3.8, 4) is 0 Å². The third kappa shape index (κ3) is 4.45. The SMILES string of the molecule is CCC(C)(C)C1CCC(NC(=O)CCc2nc3ccccc3c(=O)n2C2CC2)CC1. The molecule has 5 heteroatoms. The molecule has 1 heterocycles. The lowest BCUT2D eigenvalue weighted by Crippen LogP contribution is -2.40. The topological polar surface area (TPSA) is 64.0 Å². The molecule has 1 aromatic heterocycles. The second kappa shape index (κ2) is 8.52. The molecule has 0 atom stereocenters. The monoisotopic (exact) mass is 409 g/mol. The van der Waals surface area contributed by atoms with Crippen LogP contribution in [0.25, 0.3) is 10.9 Å². The molecule has 0 saturated heterocycles. The molecular weight excluding hydrogens is 374 g/mol. The number of nitrogens with one attached hydrogen (secondary N) is 1. The highest BCUT2D eigenvalue weighted by molar-refractivity contribution is 5.78. The van der Waals surface area contributed by atoms with E-state index in [0.29, 0.717) is 23.6 Å². The first-order chi connectivity index (χ1) is 14.4. The van der Waals surface area contributed by atoms with E-state index in [1.165, 1.54) is 19.3 Å². The summed E-state index contributed by atoms with van der Waals surface area (Å²) in [7, 11) is 0. The molecule has 2 aliphatic rings. The second-order valence-electron chi connectivity index (χ2n) is 9.91. The van der Waals surface area contributed by atoms with Crippen molar-refractivity contribution in [3.63, 3.8) is 0 Å². The molecule has 0 aliphatic heterocycles. The molecule has 162 valence electrons. The highest BCUT2D eigenvalue weighted by Gasteiger charge is 2.32. The molecule has 1 aromatic carbocycles. The molecule has 0 spiro atoms. The zero-order valence-corrected chi connectivity index (χ0v) is 18.6. The van der Waals surface area contributed by atoms with Crippen molar-refractivity contribution in [1.82, 2.24) is 14.9 Å². The summed E-state index contributed by atoms with van der Waals surface area (Å²) in [5.41, 5.74) is 1.16. The van der Waals surface area contributed by atoms with Crippen LogP contribution < -0.4 is 10.9 Å². The summed E-state index contributed by atoms with van der Waals surface area (Å²) in [4.78, 5) is 30.3. The van der Waals surface area contributed by atoms with Crippen molar-refractivity contribution in [3.05, 3.63) is 40.4 Å². The van der Waals surface area contributed by atoms with Gasteiger partial charge in [0.05, 0.1) is 10.9 Å². The second-order valence-corrected chi connectivity index (χ2v) is 9.91. The van der Waals surface area contributed by atoms with Crippen molar-refractivity contribution in [2.24, 2.45) is 11.3 Å². The zero-order chi connectivity index (χ0) is 21.3. The lowest BCUT2D eigenvalue weighted by atomic mass is 9.69. The van der Waals surface area contributed by atoms with Gasteiger partial charge in [0.25, 0.3) is 5.56 Å². The van der Waals surface area contributed by atoms with Crippen molar-refractivity contribution in [1.29, 1.82) is 0 Å². The van der Waals surface area contributed by atoms with E-state index in [1.54, 1.807) is 0 Å². The van der Waals surface area contributed by atoms with Crippen LogP contribution in [0.3, 0.4) is 0 Å². The molecule has 2 aliphatic carbocycles. The first kappa shape index (κ1) is 21.1. The lowest BCUT2D eigenvalue weighted by Gasteiger charge is -2.39. The van der Waals surface area contributed by atoms with E-state index in [4.69, 9.17) is 4.98 Å². The predicted octanol–water partition coefficient (Wildman–Crippen LogP) is 4.78. The third-order valence-corrected chi connectivity index (χ3v) is 7.48. The van der Waals surface area contributed by atoms with E-state index in [9.17, 15) is 9.59 Å². The van der Waals surface area contributed by atoms with Gasteiger partial charge in [0.2, 0.25) is 5.91 Å². The van der Waals surface area contributed by atoms with Crippen LogP contribution >= 0.6 is 0 Å². The number of amides is 1. The maximum Gasteiger partial charge on any atom is 0.261 e. The summed E-state index contributed by atoms with van der Waals surface area (Å²) in [5, 5.41) is 3.91. The number of rotatable bonds is 7. The van der Waals surface area contributed by atoms with Crippen LogP contribution in [-0.4, -0.2) is 21.5 Å². The maximum atomic E-state index is 13.0. The van der Waals surface area contributed by atoms with Crippen molar-refractivity contribution >= 4 is 16.8 Å². The van der Waals surface area contributed by atoms with Gasteiger partial charge in [-0.25, -0.2) is 4.98 Å². The fraction of sp³-hybridized carbons (Fsp3) is 0.640. The highest BCUT2D eigenvalue weighted by atomic mass is 16.1. The van der Waals surface area contributed by atoms with Gasteiger partial charge in [0.1, 0.15) is 5.82 Å². The number of carbonyl (C=O) groups excluding carboxylic acids is 1. The molecule has 0 unspecified atom stereocenters. The van der Waals surface area contributed by atoms with E-state index >= 15 is 0 Å². The molecule has 1 N–H and O–H groups in total. The summed E-state index contributed by atoms with van der Waals surface area (Å²) in [6.45, 7) is 7.01. The fourth-order valence-electron chi connectivity index (χ4n) is 4.91. The van der Waals surface area contributed by atoms with E-state index in [2.05, 4.69) is 26.1 Å². The number of benzene rings is 1. The van der Waals surface area contributed by atoms with Crippen molar-refractivity contribution in [2.75, 3.05) is 0 Å². The van der Waals surface area contributed by atoms with Crippen LogP contribution in [-0.2, 0) is 11.2 Å². The van der Waals surface area contributed by atoms with Crippen LogP contribution in [0.4, 0.5) is 0 Å². The molecular formula is C25H35N3O2. The van der Waals surface area contributed by atoms with Gasteiger partial charge in [-0.15, -0.1) is 0 Å². The van der Waals surface area contributed by atoms with Gasteiger partial charge >= 0.3 is 0 Å². The molecule has 0 radical (unpaired) electrons. The van der Waals surface area contributed by atoms with Gasteiger partial charge in [0, 0.05) is 24.9 Å². The highest BCUT2D eigenvalue weighted by Crippen LogP contribution is 2.40. The first-order valence-electron chi connectivity index (χ1n) is 11.7. The minimum atomic E-state index is 0.0374. The molecule has 1 amide bonds. The number of aryl methyl sites for hydroxylation is 1. The van der Waals surface area contributed by atoms with Crippen molar-refractivity contribution < 1.29 is 4.79 Å². The largest absolute Gasteiger partial charge is 0.353 e. The van der Waals surface area contributed by atoms with Gasteiger partial charge in [-0.2, -0.15) is 0 Å². The van der Waals surface area contributed by atoms with Gasteiger partial charge in [-0.1, -0.05) is 39.3 Å². The molecule has 5 nitrogen and oxygen atoms in total. The third-order valence-electron chi connectivity index (χ3n) is 7.48. The molecule has 0 bridgehead atoms. The Morgan fingerprint density at radius 1 is 1.13 bits per heavy atom. The summed E-state index contributed by atoms with van der Waals surface area (Å²) >= 11 is 0. The number of hydrogen-bond acceptors (Lipinski definition) is 3. The molecule has 2 fully saturated rings. The number of carbonyl (C=O) groups is 1.